The van der Waals surface area contributed by atoms with Crippen LogP contribution in [0.3, 0.4) is 0 Å². The fourth-order valence-electron chi connectivity index (χ4n) is 1.26. The van der Waals surface area contributed by atoms with Crippen molar-refractivity contribution in [1.29, 1.82) is 0 Å². The van der Waals surface area contributed by atoms with E-state index in [0.717, 1.165) is 17.1 Å². The van der Waals surface area contributed by atoms with Crippen molar-refractivity contribution >= 4 is 28.8 Å². The van der Waals surface area contributed by atoms with Crippen molar-refractivity contribution in [3.8, 4) is 0 Å². The van der Waals surface area contributed by atoms with Crippen molar-refractivity contribution in [2.24, 2.45) is 0 Å². The molecule has 0 amide bonds. The van der Waals surface area contributed by atoms with Gasteiger partial charge in [-0.05, 0) is 25.4 Å². The molecule has 16 heavy (non-hydrogen) atoms. The van der Waals surface area contributed by atoms with Crippen molar-refractivity contribution in [1.82, 2.24) is 15.0 Å². The molecule has 0 unspecified atom stereocenters. The third kappa shape index (κ3) is 2.48. The lowest BCUT2D eigenvalue weighted by atomic mass is 10.3. The number of aryl methyl sites for hydroxylation is 2. The molecule has 0 spiro atoms. The molecule has 1 N–H and O–H groups in total. The molecule has 0 saturated heterocycles. The summed E-state index contributed by atoms with van der Waals surface area (Å²) < 4.78 is 0. The monoisotopic (exact) mass is 254 g/mol. The highest BCUT2D eigenvalue weighted by atomic mass is 35.5. The molecule has 2 rings (SSSR count). The molecule has 2 heterocycles. The van der Waals surface area contributed by atoms with Gasteiger partial charge in [-0.3, -0.25) is 0 Å². The number of anilines is 1. The molecule has 0 aliphatic rings. The van der Waals surface area contributed by atoms with Gasteiger partial charge in [-0.1, -0.05) is 0 Å². The summed E-state index contributed by atoms with van der Waals surface area (Å²) in [5.74, 6) is 0.771. The van der Waals surface area contributed by atoms with Crippen LogP contribution in [0.15, 0.2) is 11.7 Å². The summed E-state index contributed by atoms with van der Waals surface area (Å²) in [5.41, 5.74) is 3.87. The number of halogens is 1. The normalized spacial score (nSPS) is 10.4. The number of nitrogens with zero attached hydrogens (tertiary/aromatic N) is 3. The lowest BCUT2D eigenvalue weighted by molar-refractivity contribution is 1.06. The van der Waals surface area contributed by atoms with E-state index in [2.05, 4.69) is 20.3 Å². The molecule has 0 aromatic carbocycles. The second-order valence-corrected chi connectivity index (χ2v) is 4.66. The molecular formula is C10H11ClN4S. The van der Waals surface area contributed by atoms with Gasteiger partial charge in [0, 0.05) is 16.6 Å². The summed E-state index contributed by atoms with van der Waals surface area (Å²) in [4.78, 5) is 13.4. The van der Waals surface area contributed by atoms with E-state index in [0.29, 0.717) is 6.54 Å². The lowest BCUT2D eigenvalue weighted by Gasteiger charge is -2.07. The van der Waals surface area contributed by atoms with E-state index in [9.17, 15) is 0 Å². The molecule has 0 atom stereocenters. The molecule has 6 heteroatoms. The quantitative estimate of drug-likeness (QED) is 0.856. The first-order valence-corrected chi connectivity index (χ1v) is 6.04. The number of hydrogen-bond donors (Lipinski definition) is 1. The Morgan fingerprint density at radius 2 is 2.19 bits per heavy atom. The minimum Gasteiger partial charge on any atom is -0.365 e. The number of nitrogens with one attached hydrogen (secondary N) is 1. The van der Waals surface area contributed by atoms with Gasteiger partial charge in [-0.25, -0.2) is 15.0 Å². The summed E-state index contributed by atoms with van der Waals surface area (Å²) in [6.07, 6.45) is 1.71. The Balaban J connectivity index is 2.10. The average molecular weight is 255 g/mol. The SMILES string of the molecule is Cc1cnc(Cl)nc1NCc1scnc1C. The predicted molar refractivity (Wildman–Crippen MR) is 66.0 cm³/mol. The number of hydrogen-bond acceptors (Lipinski definition) is 5. The maximum Gasteiger partial charge on any atom is 0.224 e. The Hall–Kier alpha value is -1.20. The first-order valence-electron chi connectivity index (χ1n) is 4.79. The van der Waals surface area contributed by atoms with Gasteiger partial charge in [-0.2, -0.15) is 0 Å². The van der Waals surface area contributed by atoms with Gasteiger partial charge in [0.05, 0.1) is 17.7 Å². The Morgan fingerprint density at radius 3 is 2.88 bits per heavy atom. The number of rotatable bonds is 3. The largest absolute Gasteiger partial charge is 0.365 e. The molecule has 2 aromatic rings. The van der Waals surface area contributed by atoms with Crippen molar-refractivity contribution in [2.75, 3.05) is 5.32 Å². The minimum absolute atomic E-state index is 0.258. The van der Waals surface area contributed by atoms with E-state index < -0.39 is 0 Å². The molecule has 0 bridgehead atoms. The second kappa shape index (κ2) is 4.76. The van der Waals surface area contributed by atoms with E-state index in [-0.39, 0.29) is 5.28 Å². The minimum atomic E-state index is 0.258. The van der Waals surface area contributed by atoms with Crippen LogP contribution in [0.4, 0.5) is 5.82 Å². The van der Waals surface area contributed by atoms with Crippen LogP contribution in [0.2, 0.25) is 5.28 Å². The summed E-state index contributed by atoms with van der Waals surface area (Å²) in [6, 6.07) is 0. The van der Waals surface area contributed by atoms with E-state index in [4.69, 9.17) is 11.6 Å². The maximum absolute atomic E-state index is 5.74. The first kappa shape index (κ1) is 11.3. The summed E-state index contributed by atoms with van der Waals surface area (Å²) in [7, 11) is 0. The standard InChI is InChI=1S/C10H11ClN4S/c1-6-3-13-10(11)15-9(6)12-4-8-7(2)14-5-16-8/h3,5H,4H2,1-2H3,(H,12,13,15). The third-order valence-electron chi connectivity index (χ3n) is 2.20. The van der Waals surface area contributed by atoms with E-state index in [1.54, 1.807) is 17.5 Å². The molecule has 0 saturated carbocycles. The Labute approximate surface area is 103 Å². The van der Waals surface area contributed by atoms with Crippen molar-refractivity contribution in [3.05, 3.63) is 33.1 Å². The van der Waals surface area contributed by atoms with Gasteiger partial charge < -0.3 is 5.32 Å². The van der Waals surface area contributed by atoms with Gasteiger partial charge in [0.2, 0.25) is 5.28 Å². The molecule has 84 valence electrons. The highest BCUT2D eigenvalue weighted by Crippen LogP contribution is 2.17. The highest BCUT2D eigenvalue weighted by Gasteiger charge is 2.04. The summed E-state index contributed by atoms with van der Waals surface area (Å²) in [5, 5.41) is 3.49. The Kier molecular flexibility index (Phi) is 3.36. The van der Waals surface area contributed by atoms with Crippen molar-refractivity contribution in [2.45, 2.75) is 20.4 Å². The van der Waals surface area contributed by atoms with E-state index >= 15 is 0 Å². The topological polar surface area (TPSA) is 50.7 Å². The first-order chi connectivity index (χ1) is 7.66. The van der Waals surface area contributed by atoms with Crippen LogP contribution in [0.25, 0.3) is 0 Å². The van der Waals surface area contributed by atoms with Gasteiger partial charge in [0.1, 0.15) is 5.82 Å². The van der Waals surface area contributed by atoms with Crippen molar-refractivity contribution in [3.63, 3.8) is 0 Å². The summed E-state index contributed by atoms with van der Waals surface area (Å²) in [6.45, 7) is 4.65. The zero-order valence-corrected chi connectivity index (χ0v) is 10.6. The van der Waals surface area contributed by atoms with Gasteiger partial charge >= 0.3 is 0 Å². The zero-order chi connectivity index (χ0) is 11.5. The van der Waals surface area contributed by atoms with Crippen LogP contribution in [-0.4, -0.2) is 15.0 Å². The van der Waals surface area contributed by atoms with E-state index in [1.807, 2.05) is 19.4 Å². The molecule has 2 aromatic heterocycles. The fourth-order valence-corrected chi connectivity index (χ4v) is 2.11. The molecular weight excluding hydrogens is 244 g/mol. The Bertz CT molecular complexity index is 497. The molecule has 0 fully saturated rings. The van der Waals surface area contributed by atoms with Gasteiger partial charge in [-0.15, -0.1) is 11.3 Å². The van der Waals surface area contributed by atoms with Crippen LogP contribution in [0.5, 0.6) is 0 Å². The van der Waals surface area contributed by atoms with Crippen LogP contribution in [-0.2, 0) is 6.54 Å². The number of aromatic nitrogens is 3. The second-order valence-electron chi connectivity index (χ2n) is 3.39. The van der Waals surface area contributed by atoms with Gasteiger partial charge in [0.15, 0.2) is 0 Å². The van der Waals surface area contributed by atoms with Crippen LogP contribution >= 0.6 is 22.9 Å². The highest BCUT2D eigenvalue weighted by molar-refractivity contribution is 7.09. The number of thiazole rings is 1. The van der Waals surface area contributed by atoms with Crippen LogP contribution in [0.1, 0.15) is 16.1 Å². The fraction of sp³-hybridized carbons (Fsp3) is 0.300. The predicted octanol–water partition coefficient (Wildman–Crippen LogP) is 2.82. The smallest absolute Gasteiger partial charge is 0.224 e. The molecule has 0 radical (unpaired) electrons. The molecule has 4 nitrogen and oxygen atoms in total. The van der Waals surface area contributed by atoms with Crippen LogP contribution < -0.4 is 5.32 Å². The molecule has 0 aliphatic carbocycles. The third-order valence-corrected chi connectivity index (χ3v) is 3.32. The zero-order valence-electron chi connectivity index (χ0n) is 8.99. The van der Waals surface area contributed by atoms with Crippen LogP contribution in [0, 0.1) is 13.8 Å². The van der Waals surface area contributed by atoms with Gasteiger partial charge in [0.25, 0.3) is 0 Å². The van der Waals surface area contributed by atoms with Crippen molar-refractivity contribution < 1.29 is 0 Å². The lowest BCUT2D eigenvalue weighted by Crippen LogP contribution is -2.03. The summed E-state index contributed by atoms with van der Waals surface area (Å²) >= 11 is 7.37. The molecule has 0 aliphatic heterocycles. The Morgan fingerprint density at radius 1 is 1.38 bits per heavy atom. The van der Waals surface area contributed by atoms with E-state index in [1.165, 1.54) is 4.88 Å². The maximum atomic E-state index is 5.74. The average Bonchev–Trinajstić information content (AvgIpc) is 2.66.